The molecule has 0 radical (unpaired) electrons. The minimum absolute atomic E-state index is 0.122. The van der Waals surface area contributed by atoms with E-state index in [1.165, 1.54) is 0 Å². The quantitative estimate of drug-likeness (QED) is 0.481. The van der Waals surface area contributed by atoms with Crippen molar-refractivity contribution in [2.24, 2.45) is 7.05 Å². The van der Waals surface area contributed by atoms with Crippen molar-refractivity contribution < 1.29 is 9.53 Å². The third-order valence-electron chi connectivity index (χ3n) is 5.01. The Morgan fingerprint density at radius 2 is 1.90 bits per heavy atom. The second-order valence-electron chi connectivity index (χ2n) is 6.94. The second kappa shape index (κ2) is 8.16. The van der Waals surface area contributed by atoms with E-state index in [1.54, 1.807) is 29.8 Å². The highest BCUT2D eigenvalue weighted by Gasteiger charge is 2.19. The molecule has 7 heteroatoms. The van der Waals surface area contributed by atoms with Crippen LogP contribution in [0.4, 0.5) is 0 Å². The summed E-state index contributed by atoms with van der Waals surface area (Å²) >= 11 is 5.94. The van der Waals surface area contributed by atoms with Gasteiger partial charge < -0.3 is 14.3 Å². The number of H-pyrrole nitrogens is 1. The zero-order valence-electron chi connectivity index (χ0n) is 16.6. The van der Waals surface area contributed by atoms with E-state index in [9.17, 15) is 9.59 Å². The van der Waals surface area contributed by atoms with Crippen molar-refractivity contribution in [3.63, 3.8) is 0 Å². The number of pyridine rings is 1. The molecule has 2 aromatic carbocycles. The van der Waals surface area contributed by atoms with Crippen LogP contribution in [0.1, 0.15) is 28.7 Å². The molecule has 4 rings (SSSR count). The average Bonchev–Trinajstić information content (AvgIpc) is 3.20. The summed E-state index contributed by atoms with van der Waals surface area (Å²) in [4.78, 5) is 32.9. The molecule has 2 heterocycles. The Bertz CT molecular complexity index is 1290. The van der Waals surface area contributed by atoms with Crippen LogP contribution >= 0.6 is 11.6 Å². The molecule has 30 heavy (non-hydrogen) atoms. The van der Waals surface area contributed by atoms with Crippen molar-refractivity contribution in [3.8, 4) is 11.4 Å². The number of imidazole rings is 1. The maximum Gasteiger partial charge on any atom is 0.359 e. The zero-order valence-corrected chi connectivity index (χ0v) is 17.4. The molecule has 0 spiro atoms. The monoisotopic (exact) mass is 421 g/mol. The lowest BCUT2D eigenvalue weighted by atomic mass is 10.1. The molecule has 2 aromatic heterocycles. The van der Waals surface area contributed by atoms with Gasteiger partial charge in [0.1, 0.15) is 12.4 Å². The van der Waals surface area contributed by atoms with Crippen LogP contribution in [0.25, 0.3) is 22.3 Å². The molecular weight excluding hydrogens is 402 g/mol. The van der Waals surface area contributed by atoms with Gasteiger partial charge in [-0.3, -0.25) is 4.79 Å². The summed E-state index contributed by atoms with van der Waals surface area (Å²) in [6.45, 7) is 1.80. The molecule has 0 fully saturated rings. The molecule has 6 nitrogen and oxygen atoms in total. The highest BCUT2D eigenvalue weighted by molar-refractivity contribution is 6.30. The van der Waals surface area contributed by atoms with Gasteiger partial charge in [-0.2, -0.15) is 0 Å². The summed E-state index contributed by atoms with van der Waals surface area (Å²) in [5.74, 6) is -0.00406. The molecule has 0 aliphatic carbocycles. The molecule has 0 bridgehead atoms. The van der Waals surface area contributed by atoms with Gasteiger partial charge >= 0.3 is 5.97 Å². The van der Waals surface area contributed by atoms with E-state index < -0.39 is 5.97 Å². The fraction of sp³-hybridized carbons (Fsp3) is 0.174. The molecule has 4 aromatic rings. The fourth-order valence-electron chi connectivity index (χ4n) is 3.38. The Hall–Kier alpha value is -3.38. The van der Waals surface area contributed by atoms with Crippen molar-refractivity contribution in [2.45, 2.75) is 20.0 Å². The number of fused-ring (bicyclic) bond motifs is 1. The second-order valence-corrected chi connectivity index (χ2v) is 7.38. The number of halogens is 1. The van der Waals surface area contributed by atoms with Crippen LogP contribution in [-0.2, 0) is 24.8 Å². The van der Waals surface area contributed by atoms with Gasteiger partial charge in [0.15, 0.2) is 5.69 Å². The third kappa shape index (κ3) is 3.74. The van der Waals surface area contributed by atoms with E-state index in [1.807, 2.05) is 43.3 Å². The summed E-state index contributed by atoms with van der Waals surface area (Å²) in [5, 5.41) is 1.53. The topological polar surface area (TPSA) is 77.0 Å². The van der Waals surface area contributed by atoms with Crippen molar-refractivity contribution in [2.75, 3.05) is 0 Å². The lowest BCUT2D eigenvalue weighted by molar-refractivity contribution is 0.0463. The molecule has 0 aliphatic heterocycles. The van der Waals surface area contributed by atoms with E-state index in [-0.39, 0.29) is 17.9 Å². The van der Waals surface area contributed by atoms with Gasteiger partial charge in [0, 0.05) is 23.3 Å². The van der Waals surface area contributed by atoms with Crippen molar-refractivity contribution in [1.29, 1.82) is 0 Å². The van der Waals surface area contributed by atoms with E-state index >= 15 is 0 Å². The number of ether oxygens (including phenoxy) is 1. The first-order valence-corrected chi connectivity index (χ1v) is 9.95. The molecule has 0 unspecified atom stereocenters. The Kier molecular flexibility index (Phi) is 5.42. The van der Waals surface area contributed by atoms with Gasteiger partial charge in [-0.05, 0) is 48.2 Å². The number of para-hydroxylation sites is 1. The number of aromatic amines is 1. The Labute approximate surface area is 178 Å². The maximum absolute atomic E-state index is 12.7. The largest absolute Gasteiger partial charge is 0.456 e. The molecule has 0 atom stereocenters. The normalized spacial score (nSPS) is 11.0. The first-order valence-electron chi connectivity index (χ1n) is 9.57. The number of carbonyl (C=O) groups is 1. The minimum atomic E-state index is -0.571. The van der Waals surface area contributed by atoms with Gasteiger partial charge in [0.05, 0.1) is 11.1 Å². The van der Waals surface area contributed by atoms with Crippen LogP contribution in [0.2, 0.25) is 5.02 Å². The third-order valence-corrected chi connectivity index (χ3v) is 5.26. The number of aromatic nitrogens is 3. The number of hydrogen-bond acceptors (Lipinski definition) is 4. The highest BCUT2D eigenvalue weighted by Crippen LogP contribution is 2.22. The molecule has 1 N–H and O–H groups in total. The van der Waals surface area contributed by atoms with E-state index in [4.69, 9.17) is 16.3 Å². The Morgan fingerprint density at radius 1 is 1.17 bits per heavy atom. The van der Waals surface area contributed by atoms with Crippen LogP contribution < -0.4 is 5.56 Å². The number of carbonyl (C=O) groups excluding carboxylic acids is 1. The van der Waals surface area contributed by atoms with Gasteiger partial charge in [-0.1, -0.05) is 36.7 Å². The number of hydrogen-bond donors (Lipinski definition) is 1. The van der Waals surface area contributed by atoms with Crippen LogP contribution in [0.15, 0.2) is 59.4 Å². The Balaban J connectivity index is 1.59. The SMILES string of the molecule is CCc1[nH]c(-c2ccc(Cl)cc2)nc1C(=O)OCc1cc2ccccc2n(C)c1=O. The number of rotatable bonds is 5. The smallest absolute Gasteiger partial charge is 0.359 e. The van der Waals surface area contributed by atoms with Crippen molar-refractivity contribution in [3.05, 3.63) is 86.9 Å². The summed E-state index contributed by atoms with van der Waals surface area (Å²) < 4.78 is 7.01. The van der Waals surface area contributed by atoms with Gasteiger partial charge in [0.25, 0.3) is 5.56 Å². The predicted molar refractivity (Wildman–Crippen MR) is 117 cm³/mol. The molecule has 0 saturated carbocycles. The molecule has 152 valence electrons. The first kappa shape index (κ1) is 19.9. The lowest BCUT2D eigenvalue weighted by Gasteiger charge is -2.09. The molecular formula is C23H20ClN3O3. The maximum atomic E-state index is 12.7. The minimum Gasteiger partial charge on any atom is -0.456 e. The van der Waals surface area contributed by atoms with Gasteiger partial charge in [0.2, 0.25) is 0 Å². The summed E-state index contributed by atoms with van der Waals surface area (Å²) in [5.41, 5.74) is 2.76. The van der Waals surface area contributed by atoms with E-state index in [0.29, 0.717) is 28.5 Å². The van der Waals surface area contributed by atoms with Gasteiger partial charge in [-0.15, -0.1) is 0 Å². The first-order chi connectivity index (χ1) is 14.5. The number of nitrogens with one attached hydrogen (secondary N) is 1. The standard InChI is InChI=1S/C23H20ClN3O3/c1-3-18-20(26-21(25-18)14-8-10-17(24)11-9-14)23(29)30-13-16-12-15-6-4-5-7-19(15)27(2)22(16)28/h4-12H,3,13H2,1-2H3,(H,25,26). The molecule has 0 saturated heterocycles. The average molecular weight is 422 g/mol. The number of benzene rings is 2. The molecule has 0 amide bonds. The van der Waals surface area contributed by atoms with Crippen LogP contribution in [0.5, 0.6) is 0 Å². The number of aryl methyl sites for hydroxylation is 2. The van der Waals surface area contributed by atoms with E-state index in [2.05, 4.69) is 9.97 Å². The van der Waals surface area contributed by atoms with Crippen molar-refractivity contribution in [1.82, 2.24) is 14.5 Å². The zero-order chi connectivity index (χ0) is 21.3. The van der Waals surface area contributed by atoms with Crippen LogP contribution in [0, 0.1) is 0 Å². The van der Waals surface area contributed by atoms with Crippen LogP contribution in [-0.4, -0.2) is 20.5 Å². The number of esters is 1. The molecule has 0 aliphatic rings. The predicted octanol–water partition coefficient (Wildman–Crippen LogP) is 4.50. The highest BCUT2D eigenvalue weighted by atomic mass is 35.5. The lowest BCUT2D eigenvalue weighted by Crippen LogP contribution is -2.22. The number of nitrogens with zero attached hydrogens (tertiary/aromatic N) is 2. The van der Waals surface area contributed by atoms with E-state index in [0.717, 1.165) is 16.5 Å². The summed E-state index contributed by atoms with van der Waals surface area (Å²) in [7, 11) is 1.71. The van der Waals surface area contributed by atoms with Gasteiger partial charge in [-0.25, -0.2) is 9.78 Å². The van der Waals surface area contributed by atoms with Crippen molar-refractivity contribution >= 4 is 28.5 Å². The Morgan fingerprint density at radius 3 is 2.63 bits per heavy atom. The fourth-order valence-corrected chi connectivity index (χ4v) is 3.51. The van der Waals surface area contributed by atoms with Crippen LogP contribution in [0.3, 0.4) is 0 Å². The summed E-state index contributed by atoms with van der Waals surface area (Å²) in [6.07, 6.45) is 0.586. The summed E-state index contributed by atoms with van der Waals surface area (Å²) in [6, 6.07) is 16.5.